The number of methoxy groups -OCH3 is 1. The molecule has 0 heterocycles. The van der Waals surface area contributed by atoms with Crippen molar-refractivity contribution in [3.63, 3.8) is 0 Å². The van der Waals surface area contributed by atoms with Crippen molar-refractivity contribution >= 4 is 5.78 Å². The van der Waals surface area contributed by atoms with E-state index < -0.39 is 0 Å². The summed E-state index contributed by atoms with van der Waals surface area (Å²) in [6.07, 6.45) is 4.85. The molecule has 2 nitrogen and oxygen atoms in total. The summed E-state index contributed by atoms with van der Waals surface area (Å²) in [5.41, 5.74) is -0.200. The van der Waals surface area contributed by atoms with Crippen LogP contribution in [0.1, 0.15) is 19.8 Å². The second kappa shape index (κ2) is 2.54. The fraction of sp³-hybridized carbons (Fsp3) is 0.625. The second-order valence-electron chi connectivity index (χ2n) is 2.82. The van der Waals surface area contributed by atoms with Gasteiger partial charge in [-0.2, -0.15) is 0 Å². The topological polar surface area (TPSA) is 26.3 Å². The zero-order valence-corrected chi connectivity index (χ0v) is 6.39. The van der Waals surface area contributed by atoms with E-state index in [1.54, 1.807) is 13.2 Å². The molecule has 1 rings (SSSR count). The third kappa shape index (κ3) is 1.45. The Morgan fingerprint density at radius 2 is 2.40 bits per heavy atom. The van der Waals surface area contributed by atoms with E-state index in [0.717, 1.165) is 6.42 Å². The highest BCUT2D eigenvalue weighted by Crippen LogP contribution is 2.22. The van der Waals surface area contributed by atoms with Crippen LogP contribution >= 0.6 is 0 Å². The molecule has 0 bridgehead atoms. The molecule has 0 N–H and O–H groups in total. The molecule has 0 aromatic carbocycles. The first-order chi connectivity index (χ1) is 4.66. The lowest BCUT2D eigenvalue weighted by Crippen LogP contribution is -2.28. The SMILES string of the molecule is CO[C@@]1(C)C=CC(=O)CC1. The van der Waals surface area contributed by atoms with Crippen molar-refractivity contribution in [2.24, 2.45) is 0 Å². The van der Waals surface area contributed by atoms with Gasteiger partial charge in [0.2, 0.25) is 0 Å². The largest absolute Gasteiger partial charge is 0.374 e. The molecule has 1 aliphatic rings. The zero-order valence-electron chi connectivity index (χ0n) is 6.39. The van der Waals surface area contributed by atoms with Crippen molar-refractivity contribution in [3.05, 3.63) is 12.2 Å². The quantitative estimate of drug-likeness (QED) is 0.549. The number of rotatable bonds is 1. The average Bonchev–Trinajstić information content (AvgIpc) is 1.96. The van der Waals surface area contributed by atoms with Crippen molar-refractivity contribution in [2.75, 3.05) is 7.11 Å². The highest BCUT2D eigenvalue weighted by molar-refractivity contribution is 5.90. The molecular weight excluding hydrogens is 128 g/mol. The molecule has 0 unspecified atom stereocenters. The standard InChI is InChI=1S/C8H12O2/c1-8(10-2)5-3-7(9)4-6-8/h3,5H,4,6H2,1-2H3/t8-/m0/s1. The first-order valence-corrected chi connectivity index (χ1v) is 3.43. The van der Waals surface area contributed by atoms with Crippen LogP contribution in [0.25, 0.3) is 0 Å². The summed E-state index contributed by atoms with van der Waals surface area (Å²) < 4.78 is 5.19. The first-order valence-electron chi connectivity index (χ1n) is 3.43. The summed E-state index contributed by atoms with van der Waals surface area (Å²) in [5, 5.41) is 0. The summed E-state index contributed by atoms with van der Waals surface area (Å²) in [7, 11) is 1.67. The van der Waals surface area contributed by atoms with Crippen LogP contribution in [-0.4, -0.2) is 18.5 Å². The highest BCUT2D eigenvalue weighted by atomic mass is 16.5. The van der Waals surface area contributed by atoms with E-state index in [9.17, 15) is 4.79 Å². The summed E-state index contributed by atoms with van der Waals surface area (Å²) >= 11 is 0. The Morgan fingerprint density at radius 1 is 1.70 bits per heavy atom. The Hall–Kier alpha value is -0.630. The number of carbonyl (C=O) groups is 1. The normalized spacial score (nSPS) is 32.8. The van der Waals surface area contributed by atoms with Crippen LogP contribution < -0.4 is 0 Å². The molecule has 56 valence electrons. The number of hydrogen-bond acceptors (Lipinski definition) is 2. The van der Waals surface area contributed by atoms with E-state index >= 15 is 0 Å². The van der Waals surface area contributed by atoms with Crippen molar-refractivity contribution < 1.29 is 9.53 Å². The van der Waals surface area contributed by atoms with Crippen molar-refractivity contribution in [1.29, 1.82) is 0 Å². The molecule has 2 heteroatoms. The molecule has 1 aliphatic carbocycles. The van der Waals surface area contributed by atoms with Crippen LogP contribution in [0.3, 0.4) is 0 Å². The van der Waals surface area contributed by atoms with Gasteiger partial charge in [-0.05, 0) is 25.5 Å². The zero-order chi connectivity index (χ0) is 7.61. The van der Waals surface area contributed by atoms with Gasteiger partial charge in [0.15, 0.2) is 5.78 Å². The molecular formula is C8H12O2. The molecule has 1 atom stereocenters. The number of hydrogen-bond donors (Lipinski definition) is 0. The molecule has 0 fully saturated rings. The van der Waals surface area contributed by atoms with Gasteiger partial charge < -0.3 is 4.74 Å². The van der Waals surface area contributed by atoms with E-state index in [1.807, 2.05) is 13.0 Å². The minimum absolute atomic E-state index is 0.200. The molecule has 10 heavy (non-hydrogen) atoms. The monoisotopic (exact) mass is 140 g/mol. The number of carbonyl (C=O) groups excluding carboxylic acids is 1. The highest BCUT2D eigenvalue weighted by Gasteiger charge is 2.24. The van der Waals surface area contributed by atoms with Gasteiger partial charge >= 0.3 is 0 Å². The van der Waals surface area contributed by atoms with Gasteiger partial charge in [0.1, 0.15) is 0 Å². The Kier molecular flexibility index (Phi) is 1.90. The van der Waals surface area contributed by atoms with E-state index in [2.05, 4.69) is 0 Å². The maximum atomic E-state index is 10.7. The molecule has 0 saturated carbocycles. The average molecular weight is 140 g/mol. The molecule has 0 aromatic heterocycles. The van der Waals surface area contributed by atoms with Crippen LogP contribution in [0.5, 0.6) is 0 Å². The Morgan fingerprint density at radius 3 is 2.80 bits per heavy atom. The second-order valence-corrected chi connectivity index (χ2v) is 2.82. The molecule has 0 aliphatic heterocycles. The van der Waals surface area contributed by atoms with Crippen molar-refractivity contribution in [3.8, 4) is 0 Å². The molecule has 0 amide bonds. The lowest BCUT2D eigenvalue weighted by Gasteiger charge is -2.26. The van der Waals surface area contributed by atoms with Crippen LogP contribution in [0.15, 0.2) is 12.2 Å². The fourth-order valence-corrected chi connectivity index (χ4v) is 0.977. The molecule has 0 spiro atoms. The van der Waals surface area contributed by atoms with E-state index in [4.69, 9.17) is 4.74 Å². The lowest BCUT2D eigenvalue weighted by molar-refractivity contribution is -0.116. The lowest BCUT2D eigenvalue weighted by atomic mass is 9.92. The van der Waals surface area contributed by atoms with Gasteiger partial charge in [-0.15, -0.1) is 0 Å². The Bertz CT molecular complexity index is 172. The fourth-order valence-electron chi connectivity index (χ4n) is 0.977. The minimum atomic E-state index is -0.200. The van der Waals surface area contributed by atoms with E-state index in [-0.39, 0.29) is 11.4 Å². The van der Waals surface area contributed by atoms with Crippen LogP contribution in [-0.2, 0) is 9.53 Å². The van der Waals surface area contributed by atoms with Gasteiger partial charge in [0.05, 0.1) is 5.60 Å². The van der Waals surface area contributed by atoms with Gasteiger partial charge in [-0.25, -0.2) is 0 Å². The van der Waals surface area contributed by atoms with Gasteiger partial charge in [0.25, 0.3) is 0 Å². The van der Waals surface area contributed by atoms with Gasteiger partial charge in [-0.1, -0.05) is 0 Å². The van der Waals surface area contributed by atoms with Crippen molar-refractivity contribution in [1.82, 2.24) is 0 Å². The summed E-state index contributed by atoms with van der Waals surface area (Å²) in [6.45, 7) is 1.98. The van der Waals surface area contributed by atoms with Crippen LogP contribution in [0.2, 0.25) is 0 Å². The molecule has 0 saturated heterocycles. The van der Waals surface area contributed by atoms with E-state index in [0.29, 0.717) is 6.42 Å². The van der Waals surface area contributed by atoms with Crippen LogP contribution in [0, 0.1) is 0 Å². The first kappa shape index (κ1) is 7.48. The Balaban J connectivity index is 2.68. The third-order valence-corrected chi connectivity index (χ3v) is 1.96. The number of ketones is 1. The van der Waals surface area contributed by atoms with E-state index in [1.165, 1.54) is 0 Å². The maximum absolute atomic E-state index is 10.7. The maximum Gasteiger partial charge on any atom is 0.155 e. The molecule has 0 radical (unpaired) electrons. The van der Waals surface area contributed by atoms with Gasteiger partial charge in [-0.3, -0.25) is 4.79 Å². The number of ether oxygens (including phenoxy) is 1. The van der Waals surface area contributed by atoms with Gasteiger partial charge in [0, 0.05) is 13.5 Å². The smallest absolute Gasteiger partial charge is 0.155 e. The summed E-state index contributed by atoms with van der Waals surface area (Å²) in [5.74, 6) is 0.203. The molecule has 0 aromatic rings. The summed E-state index contributed by atoms with van der Waals surface area (Å²) in [6, 6.07) is 0. The predicted octanol–water partition coefficient (Wildman–Crippen LogP) is 1.31. The summed E-state index contributed by atoms with van der Waals surface area (Å²) in [4.78, 5) is 10.7. The number of allylic oxidation sites excluding steroid dienone is 1. The minimum Gasteiger partial charge on any atom is -0.374 e. The van der Waals surface area contributed by atoms with Crippen LogP contribution in [0.4, 0.5) is 0 Å². The van der Waals surface area contributed by atoms with Crippen molar-refractivity contribution in [2.45, 2.75) is 25.4 Å². The third-order valence-electron chi connectivity index (χ3n) is 1.96. The predicted molar refractivity (Wildman–Crippen MR) is 38.8 cm³/mol. The Labute approximate surface area is 60.9 Å².